The van der Waals surface area contributed by atoms with Crippen molar-refractivity contribution in [3.8, 4) is 11.5 Å². The Balaban J connectivity index is 1.84. The molecule has 1 N–H and O–H groups in total. The minimum Gasteiger partial charge on any atom is -0.454 e. The summed E-state index contributed by atoms with van der Waals surface area (Å²) in [5.41, 5.74) is 2.68. The lowest BCUT2D eigenvalue weighted by Crippen LogP contribution is -2.23. The predicted molar refractivity (Wildman–Crippen MR) is 84.1 cm³/mol. The summed E-state index contributed by atoms with van der Waals surface area (Å²) < 4.78 is 10.8. The van der Waals surface area contributed by atoms with Crippen LogP contribution >= 0.6 is 23.2 Å². The van der Waals surface area contributed by atoms with Gasteiger partial charge in [0.1, 0.15) is 0 Å². The average molecular weight is 336 g/mol. The van der Waals surface area contributed by atoms with E-state index in [1.165, 1.54) is 0 Å². The zero-order chi connectivity index (χ0) is 15.3. The number of ether oxygens (including phenoxy) is 2. The van der Waals surface area contributed by atoms with E-state index in [1.807, 2.05) is 18.2 Å². The number of hydrogen-bond donors (Lipinski definition) is 1. The highest BCUT2D eigenvalue weighted by Gasteiger charge is 2.30. The molecule has 0 aliphatic carbocycles. The van der Waals surface area contributed by atoms with E-state index in [0.29, 0.717) is 28.0 Å². The van der Waals surface area contributed by atoms with Gasteiger partial charge < -0.3 is 14.8 Å². The molecule has 2 aliphatic rings. The van der Waals surface area contributed by atoms with Gasteiger partial charge in [0.2, 0.25) is 12.7 Å². The van der Waals surface area contributed by atoms with E-state index in [9.17, 15) is 4.79 Å². The fraction of sp³-hybridized carbons (Fsp3) is 0.188. The predicted octanol–water partition coefficient (Wildman–Crippen LogP) is 4.20. The molecule has 2 aromatic rings. The van der Waals surface area contributed by atoms with Gasteiger partial charge in [-0.3, -0.25) is 4.79 Å². The van der Waals surface area contributed by atoms with Crippen molar-refractivity contribution < 1.29 is 14.3 Å². The van der Waals surface area contributed by atoms with Crippen molar-refractivity contribution >= 4 is 34.8 Å². The molecular weight excluding hydrogens is 325 g/mol. The highest BCUT2D eigenvalue weighted by atomic mass is 35.5. The smallest absolute Gasteiger partial charge is 0.231 e. The Morgan fingerprint density at radius 3 is 2.59 bits per heavy atom. The molecule has 0 spiro atoms. The van der Waals surface area contributed by atoms with Crippen molar-refractivity contribution in [2.24, 2.45) is 0 Å². The molecule has 22 heavy (non-hydrogen) atoms. The molecule has 0 radical (unpaired) electrons. The Bertz CT molecular complexity index is 791. The molecule has 0 saturated carbocycles. The van der Waals surface area contributed by atoms with Crippen LogP contribution < -0.4 is 14.8 Å². The molecule has 0 aromatic heterocycles. The van der Waals surface area contributed by atoms with Gasteiger partial charge in [-0.1, -0.05) is 29.3 Å². The van der Waals surface area contributed by atoms with E-state index in [0.717, 1.165) is 16.8 Å². The van der Waals surface area contributed by atoms with Gasteiger partial charge in [-0.05, 0) is 29.3 Å². The summed E-state index contributed by atoms with van der Waals surface area (Å²) in [4.78, 5) is 12.0. The molecule has 0 unspecified atom stereocenters. The van der Waals surface area contributed by atoms with Gasteiger partial charge in [-0.2, -0.15) is 0 Å². The van der Waals surface area contributed by atoms with Crippen LogP contribution in [-0.2, 0) is 4.79 Å². The van der Waals surface area contributed by atoms with E-state index in [2.05, 4.69) is 5.32 Å². The molecule has 2 heterocycles. The number of carbonyl (C=O) groups is 1. The quantitative estimate of drug-likeness (QED) is 0.849. The van der Waals surface area contributed by atoms with Gasteiger partial charge in [-0.25, -0.2) is 0 Å². The second kappa shape index (κ2) is 5.07. The molecular formula is C16H11Cl2NO3. The molecule has 2 aliphatic heterocycles. The number of amides is 1. The van der Waals surface area contributed by atoms with Crippen molar-refractivity contribution in [3.05, 3.63) is 51.5 Å². The standard InChI is InChI=1S/C16H11Cl2NO3/c17-11-2-1-8(3-12(11)18)9-5-16(20)19-13-6-15-14(4-10(9)13)21-7-22-15/h1-4,6,9H,5,7H2,(H,19,20)/t9-/m0/s1. The van der Waals surface area contributed by atoms with Gasteiger partial charge in [0.25, 0.3) is 0 Å². The third-order valence-electron chi connectivity index (χ3n) is 3.93. The maximum Gasteiger partial charge on any atom is 0.231 e. The number of hydrogen-bond acceptors (Lipinski definition) is 3. The van der Waals surface area contributed by atoms with Crippen LogP contribution in [0.5, 0.6) is 11.5 Å². The molecule has 1 atom stereocenters. The van der Waals surface area contributed by atoms with E-state index in [4.69, 9.17) is 32.7 Å². The highest BCUT2D eigenvalue weighted by Crippen LogP contribution is 2.45. The fourth-order valence-electron chi connectivity index (χ4n) is 2.88. The van der Waals surface area contributed by atoms with E-state index in [1.54, 1.807) is 12.1 Å². The number of nitrogens with one attached hydrogen (secondary N) is 1. The topological polar surface area (TPSA) is 47.6 Å². The molecule has 4 nitrogen and oxygen atoms in total. The van der Waals surface area contributed by atoms with E-state index >= 15 is 0 Å². The molecule has 6 heteroatoms. The Hall–Kier alpha value is -1.91. The Labute approximate surface area is 136 Å². The lowest BCUT2D eigenvalue weighted by atomic mass is 9.84. The van der Waals surface area contributed by atoms with Crippen LogP contribution in [0.1, 0.15) is 23.5 Å². The summed E-state index contributed by atoms with van der Waals surface area (Å²) in [6.07, 6.45) is 0.352. The Kier molecular flexibility index (Phi) is 3.17. The zero-order valence-corrected chi connectivity index (χ0v) is 12.9. The maximum atomic E-state index is 12.0. The van der Waals surface area contributed by atoms with Gasteiger partial charge in [-0.15, -0.1) is 0 Å². The van der Waals surface area contributed by atoms with Crippen molar-refractivity contribution in [1.82, 2.24) is 0 Å². The van der Waals surface area contributed by atoms with Crippen LogP contribution in [0.4, 0.5) is 5.69 Å². The average Bonchev–Trinajstić information content (AvgIpc) is 2.94. The van der Waals surface area contributed by atoms with Crippen molar-refractivity contribution in [1.29, 1.82) is 0 Å². The van der Waals surface area contributed by atoms with Crippen LogP contribution in [0.2, 0.25) is 10.0 Å². The van der Waals surface area contributed by atoms with Crippen LogP contribution in [-0.4, -0.2) is 12.7 Å². The molecule has 1 amide bonds. The third-order valence-corrected chi connectivity index (χ3v) is 4.67. The second-order valence-electron chi connectivity index (χ2n) is 5.27. The summed E-state index contributed by atoms with van der Waals surface area (Å²) in [7, 11) is 0. The SMILES string of the molecule is O=C1C[C@@H](c2ccc(Cl)c(Cl)c2)c2cc3c(cc2N1)OCO3. The summed E-state index contributed by atoms with van der Waals surface area (Å²) in [5, 5.41) is 3.86. The second-order valence-corrected chi connectivity index (χ2v) is 6.09. The van der Waals surface area contributed by atoms with Gasteiger partial charge >= 0.3 is 0 Å². The molecule has 0 fully saturated rings. The van der Waals surface area contributed by atoms with Gasteiger partial charge in [0.15, 0.2) is 11.5 Å². The van der Waals surface area contributed by atoms with Crippen LogP contribution in [0.15, 0.2) is 30.3 Å². The van der Waals surface area contributed by atoms with Crippen molar-refractivity contribution in [2.75, 3.05) is 12.1 Å². The first-order valence-corrected chi connectivity index (χ1v) is 7.56. The van der Waals surface area contributed by atoms with E-state index in [-0.39, 0.29) is 18.6 Å². The third kappa shape index (κ3) is 2.19. The van der Waals surface area contributed by atoms with Gasteiger partial charge in [0, 0.05) is 24.1 Å². The first-order chi connectivity index (χ1) is 10.6. The zero-order valence-electron chi connectivity index (χ0n) is 11.4. The van der Waals surface area contributed by atoms with Gasteiger partial charge in [0.05, 0.1) is 10.0 Å². The summed E-state index contributed by atoms with van der Waals surface area (Å²) in [6.45, 7) is 0.198. The highest BCUT2D eigenvalue weighted by molar-refractivity contribution is 6.42. The molecule has 2 aromatic carbocycles. The minimum atomic E-state index is -0.0898. The lowest BCUT2D eigenvalue weighted by molar-refractivity contribution is -0.116. The Morgan fingerprint density at radius 2 is 1.82 bits per heavy atom. The molecule has 4 rings (SSSR count). The molecule has 0 saturated heterocycles. The molecule has 112 valence electrons. The van der Waals surface area contributed by atoms with Crippen molar-refractivity contribution in [3.63, 3.8) is 0 Å². The number of benzene rings is 2. The first-order valence-electron chi connectivity index (χ1n) is 6.80. The maximum absolute atomic E-state index is 12.0. The van der Waals surface area contributed by atoms with Crippen molar-refractivity contribution in [2.45, 2.75) is 12.3 Å². The molecule has 0 bridgehead atoms. The normalized spacial score (nSPS) is 18.8. The fourth-order valence-corrected chi connectivity index (χ4v) is 3.18. The number of carbonyl (C=O) groups excluding carboxylic acids is 1. The number of fused-ring (bicyclic) bond motifs is 2. The summed E-state index contributed by atoms with van der Waals surface area (Å²) in [6, 6.07) is 9.18. The summed E-state index contributed by atoms with van der Waals surface area (Å²) >= 11 is 12.1. The number of rotatable bonds is 1. The first kappa shape index (κ1) is 13.7. The summed E-state index contributed by atoms with van der Waals surface area (Å²) in [5.74, 6) is 1.21. The monoisotopic (exact) mass is 335 g/mol. The lowest BCUT2D eigenvalue weighted by Gasteiger charge is -2.26. The minimum absolute atomic E-state index is 0.0394. The number of halogens is 2. The van der Waals surface area contributed by atoms with Crippen LogP contribution in [0, 0.1) is 0 Å². The van der Waals surface area contributed by atoms with E-state index < -0.39 is 0 Å². The largest absolute Gasteiger partial charge is 0.454 e. The number of anilines is 1. The Morgan fingerprint density at radius 1 is 1.05 bits per heavy atom. The van der Waals surface area contributed by atoms with Crippen LogP contribution in [0.3, 0.4) is 0 Å². The van der Waals surface area contributed by atoms with Crippen LogP contribution in [0.25, 0.3) is 0 Å².